The maximum Gasteiger partial charge on any atom is 0.203 e. The van der Waals surface area contributed by atoms with Crippen molar-refractivity contribution in [3.63, 3.8) is 0 Å². The predicted molar refractivity (Wildman–Crippen MR) is 108 cm³/mol. The number of rotatable bonds is 9. The molecule has 2 aromatic rings. The lowest BCUT2D eigenvalue weighted by Gasteiger charge is -2.19. The molecule has 0 fully saturated rings. The second-order valence-electron chi connectivity index (χ2n) is 7.36. The lowest BCUT2D eigenvalue weighted by Crippen LogP contribution is -2.18. The van der Waals surface area contributed by atoms with Gasteiger partial charge in [0.15, 0.2) is 11.5 Å². The van der Waals surface area contributed by atoms with Gasteiger partial charge in [0.25, 0.3) is 0 Å². The average molecular weight is 373 g/mol. The molecule has 2 aromatic carbocycles. The molecule has 0 aliphatic carbocycles. The topological polar surface area (TPSA) is 49.0 Å². The summed E-state index contributed by atoms with van der Waals surface area (Å²) in [6, 6.07) is 12.4. The van der Waals surface area contributed by atoms with Crippen molar-refractivity contribution in [2.24, 2.45) is 0 Å². The first-order valence-electron chi connectivity index (χ1n) is 9.07. The monoisotopic (exact) mass is 373 g/mol. The van der Waals surface area contributed by atoms with Gasteiger partial charge in [-0.25, -0.2) is 0 Å². The number of ether oxygens (including phenoxy) is 4. The first-order valence-corrected chi connectivity index (χ1v) is 9.07. The molecule has 0 saturated carbocycles. The van der Waals surface area contributed by atoms with Gasteiger partial charge < -0.3 is 24.3 Å². The predicted octanol–water partition coefficient (Wildman–Crippen LogP) is 4.32. The zero-order chi connectivity index (χ0) is 19.9. The third-order valence-corrected chi connectivity index (χ3v) is 4.05. The van der Waals surface area contributed by atoms with E-state index in [9.17, 15) is 0 Å². The van der Waals surface area contributed by atoms with Crippen LogP contribution < -0.4 is 19.5 Å². The molecule has 0 saturated heterocycles. The Bertz CT molecular complexity index is 712. The Hall–Kier alpha value is -2.24. The Morgan fingerprint density at radius 3 is 1.93 bits per heavy atom. The van der Waals surface area contributed by atoms with Crippen LogP contribution in [-0.4, -0.2) is 26.9 Å². The van der Waals surface area contributed by atoms with E-state index >= 15 is 0 Å². The van der Waals surface area contributed by atoms with Crippen LogP contribution in [0.1, 0.15) is 37.5 Å². The van der Waals surface area contributed by atoms with Gasteiger partial charge in [-0.05, 0) is 49.6 Å². The highest BCUT2D eigenvalue weighted by molar-refractivity contribution is 5.53. The summed E-state index contributed by atoms with van der Waals surface area (Å²) >= 11 is 0. The van der Waals surface area contributed by atoms with E-state index < -0.39 is 0 Å². The van der Waals surface area contributed by atoms with Crippen molar-refractivity contribution in [2.75, 3.05) is 21.3 Å². The minimum atomic E-state index is -0.138. The molecule has 27 heavy (non-hydrogen) atoms. The number of benzene rings is 2. The fourth-order valence-electron chi connectivity index (χ4n) is 2.72. The minimum absolute atomic E-state index is 0.138. The van der Waals surface area contributed by atoms with Gasteiger partial charge in [0.2, 0.25) is 5.75 Å². The van der Waals surface area contributed by atoms with E-state index in [1.807, 2.05) is 12.1 Å². The third-order valence-electron chi connectivity index (χ3n) is 4.05. The molecule has 5 nitrogen and oxygen atoms in total. The van der Waals surface area contributed by atoms with Gasteiger partial charge in [0.1, 0.15) is 0 Å². The van der Waals surface area contributed by atoms with Crippen molar-refractivity contribution in [1.29, 1.82) is 0 Å². The summed E-state index contributed by atoms with van der Waals surface area (Å²) < 4.78 is 22.0. The zero-order valence-electron chi connectivity index (χ0n) is 17.2. The SMILES string of the molecule is COc1cc(CNCc2cccc(COC(C)(C)C)c2)cc(OC)c1OC. The van der Waals surface area contributed by atoms with Crippen molar-refractivity contribution < 1.29 is 18.9 Å². The van der Waals surface area contributed by atoms with E-state index in [0.29, 0.717) is 30.4 Å². The molecule has 0 atom stereocenters. The van der Waals surface area contributed by atoms with Crippen LogP contribution in [0.5, 0.6) is 17.2 Å². The Balaban J connectivity index is 1.98. The molecule has 2 rings (SSSR count). The highest BCUT2D eigenvalue weighted by Gasteiger charge is 2.13. The number of hydrogen-bond acceptors (Lipinski definition) is 5. The van der Waals surface area contributed by atoms with Gasteiger partial charge in [-0.1, -0.05) is 24.3 Å². The van der Waals surface area contributed by atoms with Crippen molar-refractivity contribution in [2.45, 2.75) is 46.1 Å². The molecule has 0 bridgehead atoms. The molecule has 0 spiro atoms. The van der Waals surface area contributed by atoms with E-state index in [-0.39, 0.29) is 5.60 Å². The molecule has 148 valence electrons. The van der Waals surface area contributed by atoms with Gasteiger partial charge >= 0.3 is 0 Å². The quantitative estimate of drug-likeness (QED) is 0.709. The van der Waals surface area contributed by atoms with Crippen LogP contribution in [0, 0.1) is 0 Å². The van der Waals surface area contributed by atoms with Gasteiger partial charge in [-0.3, -0.25) is 0 Å². The summed E-state index contributed by atoms with van der Waals surface area (Å²) in [5.41, 5.74) is 3.33. The fraction of sp³-hybridized carbons (Fsp3) is 0.455. The molecule has 0 aromatic heterocycles. The van der Waals surface area contributed by atoms with Crippen LogP contribution in [-0.2, 0) is 24.4 Å². The Morgan fingerprint density at radius 2 is 1.37 bits per heavy atom. The van der Waals surface area contributed by atoms with Crippen molar-refractivity contribution in [1.82, 2.24) is 5.32 Å². The van der Waals surface area contributed by atoms with Crippen LogP contribution in [0.25, 0.3) is 0 Å². The first-order chi connectivity index (χ1) is 12.9. The van der Waals surface area contributed by atoms with Gasteiger partial charge in [-0.2, -0.15) is 0 Å². The lowest BCUT2D eigenvalue weighted by molar-refractivity contribution is -0.0149. The second kappa shape index (κ2) is 9.62. The first kappa shape index (κ1) is 21.1. The smallest absolute Gasteiger partial charge is 0.203 e. The normalized spacial score (nSPS) is 11.3. The zero-order valence-corrected chi connectivity index (χ0v) is 17.2. The maximum atomic E-state index is 5.86. The molecule has 0 heterocycles. The average Bonchev–Trinajstić information content (AvgIpc) is 2.65. The molecule has 0 aliphatic rings. The fourth-order valence-corrected chi connectivity index (χ4v) is 2.72. The van der Waals surface area contributed by atoms with Crippen LogP contribution in [0.15, 0.2) is 36.4 Å². The van der Waals surface area contributed by atoms with Gasteiger partial charge in [0, 0.05) is 13.1 Å². The minimum Gasteiger partial charge on any atom is -0.493 e. The largest absolute Gasteiger partial charge is 0.493 e. The van der Waals surface area contributed by atoms with Crippen molar-refractivity contribution >= 4 is 0 Å². The number of hydrogen-bond donors (Lipinski definition) is 1. The number of methoxy groups -OCH3 is 3. The van der Waals surface area contributed by atoms with Crippen LogP contribution in [0.2, 0.25) is 0 Å². The Labute approximate surface area is 162 Å². The van der Waals surface area contributed by atoms with E-state index in [0.717, 1.165) is 12.1 Å². The molecule has 0 unspecified atom stereocenters. The van der Waals surface area contributed by atoms with Crippen LogP contribution in [0.4, 0.5) is 0 Å². The molecule has 1 N–H and O–H groups in total. The van der Waals surface area contributed by atoms with Crippen molar-refractivity contribution in [3.05, 3.63) is 53.1 Å². The summed E-state index contributed by atoms with van der Waals surface area (Å²) in [6.45, 7) is 8.27. The second-order valence-corrected chi connectivity index (χ2v) is 7.36. The summed E-state index contributed by atoms with van der Waals surface area (Å²) in [6.07, 6.45) is 0. The molecule has 0 amide bonds. The van der Waals surface area contributed by atoms with Crippen LogP contribution >= 0.6 is 0 Å². The van der Waals surface area contributed by atoms with Crippen LogP contribution in [0.3, 0.4) is 0 Å². The third kappa shape index (κ3) is 6.45. The molecular formula is C22H31NO4. The van der Waals surface area contributed by atoms with Crippen molar-refractivity contribution in [3.8, 4) is 17.2 Å². The van der Waals surface area contributed by atoms with E-state index in [1.165, 1.54) is 11.1 Å². The highest BCUT2D eigenvalue weighted by Crippen LogP contribution is 2.38. The van der Waals surface area contributed by atoms with Gasteiger partial charge in [0.05, 0.1) is 33.5 Å². The Kier molecular flexibility index (Phi) is 7.51. The molecular weight excluding hydrogens is 342 g/mol. The lowest BCUT2D eigenvalue weighted by atomic mass is 10.1. The summed E-state index contributed by atoms with van der Waals surface area (Å²) in [7, 11) is 4.86. The van der Waals surface area contributed by atoms with E-state index in [2.05, 4.69) is 50.4 Å². The standard InChI is InChI=1S/C22H31NO4/c1-22(2,3)27-15-17-9-7-8-16(10-17)13-23-14-18-11-19(24-4)21(26-6)20(12-18)25-5/h7-12,23H,13-15H2,1-6H3. The Morgan fingerprint density at radius 1 is 0.778 bits per heavy atom. The van der Waals surface area contributed by atoms with E-state index in [4.69, 9.17) is 18.9 Å². The highest BCUT2D eigenvalue weighted by atomic mass is 16.5. The summed E-state index contributed by atoms with van der Waals surface area (Å²) in [5, 5.41) is 3.46. The molecule has 0 radical (unpaired) electrons. The summed E-state index contributed by atoms with van der Waals surface area (Å²) in [5.74, 6) is 1.93. The van der Waals surface area contributed by atoms with Gasteiger partial charge in [-0.15, -0.1) is 0 Å². The van der Waals surface area contributed by atoms with E-state index in [1.54, 1.807) is 21.3 Å². The number of nitrogens with one attached hydrogen (secondary N) is 1. The molecule has 5 heteroatoms. The molecule has 0 aliphatic heterocycles. The maximum absolute atomic E-state index is 5.86. The summed E-state index contributed by atoms with van der Waals surface area (Å²) in [4.78, 5) is 0.